The summed E-state index contributed by atoms with van der Waals surface area (Å²) in [5.74, 6) is 2.05. The monoisotopic (exact) mass is 231 g/mol. The van der Waals surface area contributed by atoms with Gasteiger partial charge in [0, 0.05) is 6.61 Å². The van der Waals surface area contributed by atoms with Crippen LogP contribution in [-0.4, -0.2) is 28.8 Å². The molecule has 5 nitrogen and oxygen atoms in total. The van der Waals surface area contributed by atoms with Crippen LogP contribution in [0.5, 0.6) is 0 Å². The molecule has 1 aromatic rings. The van der Waals surface area contributed by atoms with Crippen molar-refractivity contribution in [3.63, 3.8) is 0 Å². The van der Waals surface area contributed by atoms with Crippen LogP contribution >= 0.6 is 11.8 Å². The molecule has 2 N–H and O–H groups in total. The van der Waals surface area contributed by atoms with Crippen LogP contribution in [0, 0.1) is 0 Å². The number of aromatic nitrogens is 2. The predicted molar refractivity (Wildman–Crippen MR) is 59.6 cm³/mol. The largest absolute Gasteiger partial charge is 0.374 e. The van der Waals surface area contributed by atoms with Crippen LogP contribution in [0.4, 0.5) is 0 Å². The third kappa shape index (κ3) is 4.19. The molecule has 0 unspecified atom stereocenters. The Kier molecular flexibility index (Phi) is 5.67. The molecule has 0 spiro atoms. The zero-order valence-corrected chi connectivity index (χ0v) is 9.92. The van der Waals surface area contributed by atoms with Crippen molar-refractivity contribution in [3.05, 3.63) is 11.7 Å². The summed E-state index contributed by atoms with van der Waals surface area (Å²) in [6.45, 7) is 2.95. The highest BCUT2D eigenvalue weighted by molar-refractivity contribution is 7.98. The van der Waals surface area contributed by atoms with Gasteiger partial charge in [0.15, 0.2) is 5.82 Å². The van der Waals surface area contributed by atoms with Gasteiger partial charge in [-0.15, -0.1) is 0 Å². The maximum atomic E-state index is 5.87. The van der Waals surface area contributed by atoms with Crippen molar-refractivity contribution in [2.75, 3.05) is 18.6 Å². The lowest BCUT2D eigenvalue weighted by Crippen LogP contribution is -2.11. The Morgan fingerprint density at radius 1 is 1.60 bits per heavy atom. The van der Waals surface area contributed by atoms with Crippen molar-refractivity contribution >= 4 is 11.8 Å². The normalized spacial score (nSPS) is 13.0. The first-order valence-corrected chi connectivity index (χ1v) is 6.32. The summed E-state index contributed by atoms with van der Waals surface area (Å²) in [4.78, 5) is 4.16. The number of thioether (sulfide) groups is 1. The van der Waals surface area contributed by atoms with Crippen molar-refractivity contribution in [3.8, 4) is 0 Å². The lowest BCUT2D eigenvalue weighted by molar-refractivity contribution is 0.126. The highest BCUT2D eigenvalue weighted by Gasteiger charge is 2.13. The minimum atomic E-state index is -0.166. The lowest BCUT2D eigenvalue weighted by atomic mass is 10.2. The van der Waals surface area contributed by atoms with Gasteiger partial charge < -0.3 is 15.0 Å². The summed E-state index contributed by atoms with van der Waals surface area (Å²) in [6, 6.07) is -0.166. The first kappa shape index (κ1) is 12.5. The van der Waals surface area contributed by atoms with E-state index in [1.54, 1.807) is 11.8 Å². The van der Waals surface area contributed by atoms with Gasteiger partial charge in [0.25, 0.3) is 0 Å². The molecule has 6 heteroatoms. The minimum absolute atomic E-state index is 0.166. The van der Waals surface area contributed by atoms with E-state index in [2.05, 4.69) is 10.1 Å². The Hall–Kier alpha value is -0.590. The zero-order chi connectivity index (χ0) is 11.1. The first-order chi connectivity index (χ1) is 7.27. The van der Waals surface area contributed by atoms with Crippen molar-refractivity contribution in [2.24, 2.45) is 5.73 Å². The van der Waals surface area contributed by atoms with Crippen molar-refractivity contribution < 1.29 is 9.26 Å². The standard InChI is InChI=1S/C9H17N3O2S/c1-3-13-6-8-11-9(14-12-8)7(10)4-5-15-2/h7H,3-6,10H2,1-2H3/t7-/m0/s1. The molecule has 0 aliphatic rings. The number of ether oxygens (including phenoxy) is 1. The average Bonchev–Trinajstić information content (AvgIpc) is 2.71. The molecule has 0 saturated carbocycles. The van der Waals surface area contributed by atoms with Crippen LogP contribution in [0.25, 0.3) is 0 Å². The summed E-state index contributed by atoms with van der Waals surface area (Å²) in [5.41, 5.74) is 5.87. The molecule has 0 aromatic carbocycles. The maximum absolute atomic E-state index is 5.87. The number of hydrogen-bond acceptors (Lipinski definition) is 6. The van der Waals surface area contributed by atoms with E-state index in [9.17, 15) is 0 Å². The molecule has 0 saturated heterocycles. The molecule has 0 aliphatic carbocycles. The second-order valence-electron chi connectivity index (χ2n) is 3.07. The van der Waals surface area contributed by atoms with E-state index in [0.29, 0.717) is 24.9 Å². The van der Waals surface area contributed by atoms with Crippen molar-refractivity contribution in [1.29, 1.82) is 0 Å². The van der Waals surface area contributed by atoms with Crippen molar-refractivity contribution in [2.45, 2.75) is 26.0 Å². The minimum Gasteiger partial charge on any atom is -0.374 e. The summed E-state index contributed by atoms with van der Waals surface area (Å²) >= 11 is 1.75. The third-order valence-electron chi connectivity index (χ3n) is 1.87. The van der Waals surface area contributed by atoms with E-state index >= 15 is 0 Å². The van der Waals surface area contributed by atoms with Gasteiger partial charge in [-0.2, -0.15) is 16.7 Å². The van der Waals surface area contributed by atoms with Gasteiger partial charge in [-0.3, -0.25) is 0 Å². The Balaban J connectivity index is 2.43. The SMILES string of the molecule is CCOCc1noc([C@@H](N)CCSC)n1. The highest BCUT2D eigenvalue weighted by Crippen LogP contribution is 2.14. The molecular formula is C9H17N3O2S. The topological polar surface area (TPSA) is 74.2 Å². The van der Waals surface area contributed by atoms with Crippen LogP contribution in [0.3, 0.4) is 0 Å². The Labute approximate surface area is 93.7 Å². The Morgan fingerprint density at radius 2 is 2.40 bits per heavy atom. The van der Waals surface area contributed by atoms with E-state index < -0.39 is 0 Å². The van der Waals surface area contributed by atoms with E-state index in [1.165, 1.54) is 0 Å². The molecule has 1 atom stereocenters. The fourth-order valence-corrected chi connectivity index (χ4v) is 1.53. The van der Waals surface area contributed by atoms with Crippen LogP contribution < -0.4 is 5.73 Å². The fourth-order valence-electron chi connectivity index (χ4n) is 1.04. The Bertz CT molecular complexity index is 280. The van der Waals surface area contributed by atoms with Crippen LogP contribution in [0.1, 0.15) is 31.1 Å². The van der Waals surface area contributed by atoms with Gasteiger partial charge in [0.2, 0.25) is 5.89 Å². The second kappa shape index (κ2) is 6.81. The Morgan fingerprint density at radius 3 is 3.07 bits per heavy atom. The molecule has 0 radical (unpaired) electrons. The van der Waals surface area contributed by atoms with Gasteiger partial charge >= 0.3 is 0 Å². The molecule has 0 bridgehead atoms. The molecule has 0 amide bonds. The van der Waals surface area contributed by atoms with E-state index in [1.807, 2.05) is 13.2 Å². The van der Waals surface area contributed by atoms with E-state index in [0.717, 1.165) is 12.2 Å². The molecule has 15 heavy (non-hydrogen) atoms. The van der Waals surface area contributed by atoms with Gasteiger partial charge in [-0.1, -0.05) is 5.16 Å². The van der Waals surface area contributed by atoms with Gasteiger partial charge in [-0.05, 0) is 25.4 Å². The molecule has 1 heterocycles. The van der Waals surface area contributed by atoms with Crippen LogP contribution in [-0.2, 0) is 11.3 Å². The molecule has 0 fully saturated rings. The van der Waals surface area contributed by atoms with Crippen LogP contribution in [0.2, 0.25) is 0 Å². The lowest BCUT2D eigenvalue weighted by Gasteiger charge is -2.03. The number of nitrogens with two attached hydrogens (primary N) is 1. The number of hydrogen-bond donors (Lipinski definition) is 1. The summed E-state index contributed by atoms with van der Waals surface area (Å²) < 4.78 is 10.2. The average molecular weight is 231 g/mol. The van der Waals surface area contributed by atoms with Gasteiger partial charge in [-0.25, -0.2) is 0 Å². The summed E-state index contributed by atoms with van der Waals surface area (Å²) in [5, 5.41) is 3.78. The third-order valence-corrected chi connectivity index (χ3v) is 2.51. The highest BCUT2D eigenvalue weighted by atomic mass is 32.2. The van der Waals surface area contributed by atoms with Crippen LogP contribution in [0.15, 0.2) is 4.52 Å². The smallest absolute Gasteiger partial charge is 0.243 e. The van der Waals surface area contributed by atoms with Gasteiger partial charge in [0.05, 0.1) is 6.04 Å². The van der Waals surface area contributed by atoms with E-state index in [-0.39, 0.29) is 6.04 Å². The zero-order valence-electron chi connectivity index (χ0n) is 9.10. The first-order valence-electron chi connectivity index (χ1n) is 4.92. The maximum Gasteiger partial charge on any atom is 0.243 e. The van der Waals surface area contributed by atoms with Gasteiger partial charge in [0.1, 0.15) is 6.61 Å². The summed E-state index contributed by atoms with van der Waals surface area (Å²) in [6.07, 6.45) is 2.89. The fraction of sp³-hybridized carbons (Fsp3) is 0.778. The summed E-state index contributed by atoms with van der Waals surface area (Å²) in [7, 11) is 0. The number of nitrogens with zero attached hydrogens (tertiary/aromatic N) is 2. The molecular weight excluding hydrogens is 214 g/mol. The molecule has 1 aromatic heterocycles. The quantitative estimate of drug-likeness (QED) is 0.763. The predicted octanol–water partition coefficient (Wildman–Crippen LogP) is 1.36. The molecule has 0 aliphatic heterocycles. The molecule has 86 valence electrons. The van der Waals surface area contributed by atoms with E-state index in [4.69, 9.17) is 15.0 Å². The van der Waals surface area contributed by atoms with Crippen molar-refractivity contribution in [1.82, 2.24) is 10.1 Å². The number of rotatable bonds is 7. The second-order valence-corrected chi connectivity index (χ2v) is 4.06. The molecule has 1 rings (SSSR count).